The molecule has 0 spiro atoms. The Balaban J connectivity index is 2.26. The second-order valence-corrected chi connectivity index (χ2v) is 4.13. The van der Waals surface area contributed by atoms with Crippen LogP contribution in [0, 0.1) is 23.0 Å². The van der Waals surface area contributed by atoms with Crippen LogP contribution < -0.4 is 5.32 Å². The van der Waals surface area contributed by atoms with Crippen molar-refractivity contribution < 1.29 is 13.6 Å². The first-order valence-electron chi connectivity index (χ1n) is 6.04. The fourth-order valence-corrected chi connectivity index (χ4v) is 1.65. The van der Waals surface area contributed by atoms with Crippen molar-refractivity contribution in [1.82, 2.24) is 0 Å². The van der Waals surface area contributed by atoms with Crippen molar-refractivity contribution in [2.75, 3.05) is 5.32 Å². The number of nitrogens with one attached hydrogen (secondary N) is 1. The van der Waals surface area contributed by atoms with E-state index in [4.69, 9.17) is 5.26 Å². The molecule has 2 rings (SSSR count). The second-order valence-electron chi connectivity index (χ2n) is 4.13. The van der Waals surface area contributed by atoms with Crippen LogP contribution in [0.2, 0.25) is 0 Å². The molecule has 3 nitrogen and oxygen atoms in total. The average Bonchev–Trinajstić information content (AvgIpc) is 2.48. The van der Waals surface area contributed by atoms with Crippen LogP contribution in [0.15, 0.2) is 54.1 Å². The maximum atomic E-state index is 13.5. The van der Waals surface area contributed by atoms with Gasteiger partial charge in [0.1, 0.15) is 23.3 Å². The Morgan fingerprint density at radius 3 is 2.29 bits per heavy atom. The van der Waals surface area contributed by atoms with E-state index in [-0.39, 0.29) is 16.8 Å². The van der Waals surface area contributed by atoms with E-state index >= 15 is 0 Å². The van der Waals surface area contributed by atoms with Gasteiger partial charge < -0.3 is 5.32 Å². The number of anilines is 1. The van der Waals surface area contributed by atoms with Gasteiger partial charge in [-0.15, -0.1) is 0 Å². The highest BCUT2D eigenvalue weighted by molar-refractivity contribution is 6.09. The Labute approximate surface area is 120 Å². The molecule has 0 fully saturated rings. The number of benzene rings is 2. The van der Waals surface area contributed by atoms with Gasteiger partial charge in [0.15, 0.2) is 0 Å². The van der Waals surface area contributed by atoms with Crippen molar-refractivity contribution in [2.24, 2.45) is 0 Å². The van der Waals surface area contributed by atoms with E-state index in [9.17, 15) is 13.6 Å². The molecule has 0 heterocycles. The van der Waals surface area contributed by atoms with Crippen molar-refractivity contribution in [1.29, 1.82) is 5.26 Å². The molecule has 21 heavy (non-hydrogen) atoms. The van der Waals surface area contributed by atoms with Crippen molar-refractivity contribution in [3.8, 4) is 6.07 Å². The number of carbonyl (C=O) groups excluding carboxylic acids is 1. The lowest BCUT2D eigenvalue weighted by molar-refractivity contribution is -0.112. The van der Waals surface area contributed by atoms with Gasteiger partial charge in [0.05, 0.1) is 5.69 Å². The number of hydrogen-bond donors (Lipinski definition) is 1. The fraction of sp³-hybridized carbons (Fsp3) is 0. The van der Waals surface area contributed by atoms with Gasteiger partial charge in [0, 0.05) is 5.56 Å². The summed E-state index contributed by atoms with van der Waals surface area (Å²) in [7, 11) is 0. The highest BCUT2D eigenvalue weighted by atomic mass is 19.1. The maximum absolute atomic E-state index is 13.5. The van der Waals surface area contributed by atoms with Crippen LogP contribution >= 0.6 is 0 Å². The number of nitriles is 1. The number of carbonyl (C=O) groups is 1. The Hall–Kier alpha value is -3.00. The molecular formula is C16H10F2N2O. The van der Waals surface area contributed by atoms with E-state index in [2.05, 4.69) is 5.32 Å². The van der Waals surface area contributed by atoms with Crippen LogP contribution in [0.5, 0.6) is 0 Å². The summed E-state index contributed by atoms with van der Waals surface area (Å²) < 4.78 is 26.9. The zero-order valence-corrected chi connectivity index (χ0v) is 10.8. The van der Waals surface area contributed by atoms with Crippen LogP contribution in [0.4, 0.5) is 14.5 Å². The maximum Gasteiger partial charge on any atom is 0.266 e. The van der Waals surface area contributed by atoms with Crippen molar-refractivity contribution in [3.63, 3.8) is 0 Å². The first-order valence-corrected chi connectivity index (χ1v) is 6.04. The van der Waals surface area contributed by atoms with Crippen LogP contribution in [0.1, 0.15) is 5.56 Å². The second kappa shape index (κ2) is 6.44. The van der Waals surface area contributed by atoms with E-state index in [1.165, 1.54) is 36.4 Å². The summed E-state index contributed by atoms with van der Waals surface area (Å²) in [6.45, 7) is 0. The minimum atomic E-state index is -0.800. The number of amides is 1. The Bertz CT molecular complexity index is 748. The first kappa shape index (κ1) is 14.4. The summed E-state index contributed by atoms with van der Waals surface area (Å²) in [6.07, 6.45) is 1.12. The minimum Gasteiger partial charge on any atom is -0.319 e. The average molecular weight is 284 g/mol. The Morgan fingerprint density at radius 2 is 1.67 bits per heavy atom. The van der Waals surface area contributed by atoms with Gasteiger partial charge in [-0.2, -0.15) is 5.26 Å². The number of hydrogen-bond acceptors (Lipinski definition) is 2. The van der Waals surface area contributed by atoms with Crippen LogP contribution in [-0.2, 0) is 4.79 Å². The third-order valence-electron chi connectivity index (χ3n) is 2.69. The van der Waals surface area contributed by atoms with Gasteiger partial charge in [-0.1, -0.05) is 30.3 Å². The number of para-hydroxylation sites is 1. The molecule has 2 aromatic carbocycles. The topological polar surface area (TPSA) is 52.9 Å². The summed E-state index contributed by atoms with van der Waals surface area (Å²) >= 11 is 0. The molecule has 5 heteroatoms. The lowest BCUT2D eigenvalue weighted by Crippen LogP contribution is -2.14. The van der Waals surface area contributed by atoms with Crippen LogP contribution in [0.3, 0.4) is 0 Å². The van der Waals surface area contributed by atoms with Gasteiger partial charge in [0.25, 0.3) is 5.91 Å². The van der Waals surface area contributed by atoms with Gasteiger partial charge in [-0.3, -0.25) is 4.79 Å². The van der Waals surface area contributed by atoms with Gasteiger partial charge in [-0.25, -0.2) is 8.78 Å². The third kappa shape index (κ3) is 3.51. The quantitative estimate of drug-likeness (QED) is 0.692. The highest BCUT2D eigenvalue weighted by Gasteiger charge is 2.12. The molecule has 1 N–H and O–H groups in total. The molecule has 2 aromatic rings. The fourth-order valence-electron chi connectivity index (χ4n) is 1.65. The molecule has 104 valence electrons. The number of rotatable bonds is 3. The van der Waals surface area contributed by atoms with Crippen molar-refractivity contribution >= 4 is 17.7 Å². The Morgan fingerprint density at radius 1 is 1.05 bits per heavy atom. The summed E-state index contributed by atoms with van der Waals surface area (Å²) in [4.78, 5) is 11.9. The van der Waals surface area contributed by atoms with E-state index in [1.807, 2.05) is 0 Å². The van der Waals surface area contributed by atoms with Crippen molar-refractivity contribution in [3.05, 3.63) is 71.3 Å². The normalized spacial score (nSPS) is 10.8. The molecule has 0 aliphatic rings. The number of halogens is 2. The monoisotopic (exact) mass is 284 g/mol. The molecule has 0 radical (unpaired) electrons. The van der Waals surface area contributed by atoms with E-state index in [0.717, 1.165) is 6.08 Å². The highest BCUT2D eigenvalue weighted by Crippen LogP contribution is 2.15. The summed E-state index contributed by atoms with van der Waals surface area (Å²) in [6, 6.07) is 13.0. The van der Waals surface area contributed by atoms with Gasteiger partial charge in [0.2, 0.25) is 0 Å². The zero-order chi connectivity index (χ0) is 15.2. The summed E-state index contributed by atoms with van der Waals surface area (Å²) in [5.74, 6) is -1.97. The van der Waals surface area contributed by atoms with E-state index in [0.29, 0.717) is 0 Å². The smallest absolute Gasteiger partial charge is 0.266 e. The summed E-state index contributed by atoms with van der Waals surface area (Å²) in [5, 5.41) is 11.3. The Kier molecular flexibility index (Phi) is 4.42. The SMILES string of the molecule is N#C/C(=C/c1ccccc1F)C(=O)Nc1ccccc1F. The van der Waals surface area contributed by atoms with Gasteiger partial charge >= 0.3 is 0 Å². The summed E-state index contributed by atoms with van der Waals surface area (Å²) in [5.41, 5.74) is -0.252. The zero-order valence-electron chi connectivity index (χ0n) is 10.8. The standard InChI is InChI=1S/C16H10F2N2O/c17-13-6-2-1-5-11(13)9-12(10-19)16(21)20-15-8-4-3-7-14(15)18/h1-9H,(H,20,21)/b12-9-. The molecule has 0 aromatic heterocycles. The lowest BCUT2D eigenvalue weighted by atomic mass is 10.1. The van der Waals surface area contributed by atoms with Gasteiger partial charge in [-0.05, 0) is 24.3 Å². The molecular weight excluding hydrogens is 274 g/mol. The molecule has 0 bridgehead atoms. The first-order chi connectivity index (χ1) is 10.1. The molecule has 0 unspecified atom stereocenters. The molecule has 1 amide bonds. The van der Waals surface area contributed by atoms with E-state index in [1.54, 1.807) is 18.2 Å². The third-order valence-corrected chi connectivity index (χ3v) is 2.69. The van der Waals surface area contributed by atoms with Crippen molar-refractivity contribution in [2.45, 2.75) is 0 Å². The molecule has 0 aliphatic carbocycles. The predicted octanol–water partition coefficient (Wildman–Crippen LogP) is 3.51. The minimum absolute atomic E-state index is 0.0443. The predicted molar refractivity (Wildman–Crippen MR) is 75.0 cm³/mol. The molecule has 0 atom stereocenters. The number of nitrogens with zero attached hydrogens (tertiary/aromatic N) is 1. The van der Waals surface area contributed by atoms with Crippen LogP contribution in [0.25, 0.3) is 6.08 Å². The molecule has 0 saturated carbocycles. The lowest BCUT2D eigenvalue weighted by Gasteiger charge is -2.05. The van der Waals surface area contributed by atoms with E-state index < -0.39 is 17.5 Å². The van der Waals surface area contributed by atoms with Crippen LogP contribution in [-0.4, -0.2) is 5.91 Å². The largest absolute Gasteiger partial charge is 0.319 e. The molecule has 0 aliphatic heterocycles. The molecule has 0 saturated heterocycles.